The molecular weight excluding hydrogens is 294 g/mol. The lowest BCUT2D eigenvalue weighted by atomic mass is 10.0. The van der Waals surface area contributed by atoms with Crippen LogP contribution in [0.4, 0.5) is 0 Å². The molecule has 0 spiro atoms. The molecule has 23 heavy (non-hydrogen) atoms. The molecule has 0 bridgehead atoms. The number of hydrogen-bond acceptors (Lipinski definition) is 5. The Hall–Kier alpha value is -0.980. The van der Waals surface area contributed by atoms with E-state index in [0.717, 1.165) is 6.54 Å². The van der Waals surface area contributed by atoms with Crippen molar-refractivity contribution < 1.29 is 18.9 Å². The standard InChI is InChI=1S/C18H29NO4/c1-16-18(17-6-4-3-5-7-17)23-15-14-22-13-12-21-11-10-20-9-8-19(16)2/h3-7,16,18H,8-15H2,1-2H3/t16-,18?/m0/s1. The smallest absolute Gasteiger partial charge is 0.0978 e. The molecule has 2 rings (SSSR count). The van der Waals surface area contributed by atoms with E-state index in [-0.39, 0.29) is 12.1 Å². The van der Waals surface area contributed by atoms with Gasteiger partial charge in [-0.2, -0.15) is 0 Å². The van der Waals surface area contributed by atoms with Crippen LogP contribution in [0.2, 0.25) is 0 Å². The van der Waals surface area contributed by atoms with E-state index in [2.05, 4.69) is 43.1 Å². The van der Waals surface area contributed by atoms with Crippen molar-refractivity contribution in [1.82, 2.24) is 4.90 Å². The first kappa shape index (κ1) is 18.4. The maximum Gasteiger partial charge on any atom is 0.0978 e. The molecule has 0 saturated carbocycles. The fourth-order valence-electron chi connectivity index (χ4n) is 2.58. The lowest BCUT2D eigenvalue weighted by Gasteiger charge is -2.32. The predicted molar refractivity (Wildman–Crippen MR) is 89.7 cm³/mol. The van der Waals surface area contributed by atoms with Gasteiger partial charge in [0.05, 0.1) is 52.4 Å². The minimum atomic E-state index is 0.0196. The highest BCUT2D eigenvalue weighted by Gasteiger charge is 2.23. The molecule has 1 saturated heterocycles. The van der Waals surface area contributed by atoms with E-state index < -0.39 is 0 Å². The average molecular weight is 323 g/mol. The summed E-state index contributed by atoms with van der Waals surface area (Å²) in [6.07, 6.45) is 0.0196. The molecule has 5 heteroatoms. The fraction of sp³-hybridized carbons (Fsp3) is 0.667. The van der Waals surface area contributed by atoms with Crippen LogP contribution in [0.1, 0.15) is 18.6 Å². The molecule has 0 aliphatic carbocycles. The predicted octanol–water partition coefficient (Wildman–Crippen LogP) is 2.13. The monoisotopic (exact) mass is 323 g/mol. The summed E-state index contributed by atoms with van der Waals surface area (Å²) in [4.78, 5) is 2.28. The molecule has 1 aromatic carbocycles. The van der Waals surface area contributed by atoms with Crippen molar-refractivity contribution in [3.05, 3.63) is 35.9 Å². The topological polar surface area (TPSA) is 40.2 Å². The van der Waals surface area contributed by atoms with Crippen molar-refractivity contribution in [2.75, 3.05) is 59.8 Å². The first-order valence-corrected chi connectivity index (χ1v) is 8.39. The Morgan fingerprint density at radius 3 is 2.04 bits per heavy atom. The van der Waals surface area contributed by atoms with Gasteiger partial charge in [0.25, 0.3) is 0 Å². The molecule has 1 aliphatic heterocycles. The lowest BCUT2D eigenvalue weighted by molar-refractivity contribution is -0.0372. The molecule has 1 aromatic rings. The summed E-state index contributed by atoms with van der Waals surface area (Å²) in [6, 6.07) is 10.6. The minimum Gasteiger partial charge on any atom is -0.378 e. The molecule has 0 aromatic heterocycles. The summed E-state index contributed by atoms with van der Waals surface area (Å²) in [5, 5.41) is 0. The van der Waals surface area contributed by atoms with Gasteiger partial charge in [0, 0.05) is 12.6 Å². The molecule has 0 radical (unpaired) electrons. The SMILES string of the molecule is C[C@H]1C(c2ccccc2)OCCOCCOCCOCCN1C. The summed E-state index contributed by atoms with van der Waals surface area (Å²) in [5.74, 6) is 0. The average Bonchev–Trinajstić information content (AvgIpc) is 2.59. The molecule has 1 fully saturated rings. The summed E-state index contributed by atoms with van der Waals surface area (Å²) in [7, 11) is 2.11. The van der Waals surface area contributed by atoms with E-state index in [9.17, 15) is 0 Å². The molecule has 1 aliphatic rings. The van der Waals surface area contributed by atoms with Gasteiger partial charge in [0.1, 0.15) is 0 Å². The lowest BCUT2D eigenvalue weighted by Crippen LogP contribution is -2.38. The number of rotatable bonds is 1. The van der Waals surface area contributed by atoms with Crippen molar-refractivity contribution in [1.29, 1.82) is 0 Å². The van der Waals surface area contributed by atoms with Crippen molar-refractivity contribution in [3.8, 4) is 0 Å². The third-order valence-electron chi connectivity index (χ3n) is 4.12. The maximum atomic E-state index is 6.14. The molecule has 2 atom stereocenters. The van der Waals surface area contributed by atoms with E-state index in [0.29, 0.717) is 46.2 Å². The Morgan fingerprint density at radius 1 is 0.826 bits per heavy atom. The normalized spacial score (nSPS) is 27.0. The Morgan fingerprint density at radius 2 is 1.39 bits per heavy atom. The van der Waals surface area contributed by atoms with Crippen LogP contribution in [0.15, 0.2) is 30.3 Å². The van der Waals surface area contributed by atoms with E-state index >= 15 is 0 Å². The minimum absolute atomic E-state index is 0.0196. The van der Waals surface area contributed by atoms with Crippen molar-refractivity contribution in [3.63, 3.8) is 0 Å². The van der Waals surface area contributed by atoms with Crippen LogP contribution >= 0.6 is 0 Å². The number of hydrogen-bond donors (Lipinski definition) is 0. The molecule has 1 heterocycles. The third kappa shape index (κ3) is 6.57. The van der Waals surface area contributed by atoms with E-state index in [1.807, 2.05) is 6.07 Å². The van der Waals surface area contributed by atoms with E-state index in [1.54, 1.807) is 0 Å². The second kappa shape index (κ2) is 10.7. The summed E-state index contributed by atoms with van der Waals surface area (Å²) < 4.78 is 22.8. The number of likely N-dealkylation sites (N-methyl/N-ethyl adjacent to an activating group) is 1. The third-order valence-corrected chi connectivity index (χ3v) is 4.12. The Labute approximate surface area is 139 Å². The quantitative estimate of drug-likeness (QED) is 0.792. The first-order valence-electron chi connectivity index (χ1n) is 8.39. The molecule has 1 unspecified atom stereocenters. The number of benzene rings is 1. The van der Waals surface area contributed by atoms with Crippen LogP contribution in [0, 0.1) is 0 Å². The molecule has 130 valence electrons. The zero-order valence-electron chi connectivity index (χ0n) is 14.3. The summed E-state index contributed by atoms with van der Waals surface area (Å²) in [5.41, 5.74) is 1.19. The van der Waals surface area contributed by atoms with Crippen molar-refractivity contribution in [2.45, 2.75) is 19.1 Å². The summed E-state index contributed by atoms with van der Waals surface area (Å²) >= 11 is 0. The molecular formula is C18H29NO4. The largest absolute Gasteiger partial charge is 0.378 e. The highest BCUT2D eigenvalue weighted by molar-refractivity contribution is 5.19. The second-order valence-electron chi connectivity index (χ2n) is 5.76. The highest BCUT2D eigenvalue weighted by Crippen LogP contribution is 2.24. The molecule has 5 nitrogen and oxygen atoms in total. The Kier molecular flexibility index (Phi) is 8.57. The van der Waals surface area contributed by atoms with Gasteiger partial charge in [0.2, 0.25) is 0 Å². The zero-order chi connectivity index (χ0) is 16.3. The van der Waals surface area contributed by atoms with E-state index in [1.165, 1.54) is 5.56 Å². The molecule has 0 amide bonds. The van der Waals surface area contributed by atoms with Crippen LogP contribution in [0.3, 0.4) is 0 Å². The Bertz CT molecular complexity index is 415. The second-order valence-corrected chi connectivity index (χ2v) is 5.76. The number of nitrogens with zero attached hydrogens (tertiary/aromatic N) is 1. The van der Waals surface area contributed by atoms with Gasteiger partial charge >= 0.3 is 0 Å². The highest BCUT2D eigenvalue weighted by atomic mass is 16.6. The number of ether oxygens (including phenoxy) is 4. The zero-order valence-corrected chi connectivity index (χ0v) is 14.3. The van der Waals surface area contributed by atoms with Crippen LogP contribution in [0.5, 0.6) is 0 Å². The van der Waals surface area contributed by atoms with Gasteiger partial charge in [-0.05, 0) is 19.5 Å². The van der Waals surface area contributed by atoms with Gasteiger partial charge in [-0.25, -0.2) is 0 Å². The first-order chi connectivity index (χ1) is 11.3. The van der Waals surface area contributed by atoms with Crippen LogP contribution in [-0.4, -0.2) is 70.8 Å². The van der Waals surface area contributed by atoms with Gasteiger partial charge in [0.15, 0.2) is 0 Å². The molecule has 0 N–H and O–H groups in total. The maximum absolute atomic E-state index is 6.14. The fourth-order valence-corrected chi connectivity index (χ4v) is 2.58. The van der Waals surface area contributed by atoms with Gasteiger partial charge < -0.3 is 18.9 Å². The van der Waals surface area contributed by atoms with Gasteiger partial charge in [-0.1, -0.05) is 30.3 Å². The van der Waals surface area contributed by atoms with Crippen LogP contribution < -0.4 is 0 Å². The van der Waals surface area contributed by atoms with Gasteiger partial charge in [-0.3, -0.25) is 4.90 Å². The van der Waals surface area contributed by atoms with Crippen molar-refractivity contribution >= 4 is 0 Å². The Balaban J connectivity index is 2.00. The van der Waals surface area contributed by atoms with Gasteiger partial charge in [-0.15, -0.1) is 0 Å². The van der Waals surface area contributed by atoms with E-state index in [4.69, 9.17) is 18.9 Å². The van der Waals surface area contributed by atoms with Crippen LogP contribution in [-0.2, 0) is 18.9 Å². The van der Waals surface area contributed by atoms with Crippen molar-refractivity contribution in [2.24, 2.45) is 0 Å². The van der Waals surface area contributed by atoms with Crippen LogP contribution in [0.25, 0.3) is 0 Å². The summed E-state index contributed by atoms with van der Waals surface area (Å²) in [6.45, 7) is 7.35.